The third-order valence-corrected chi connectivity index (χ3v) is 3.63. The fraction of sp³-hybridized carbons (Fsp3) is 0.182. The summed E-state index contributed by atoms with van der Waals surface area (Å²) in [4.78, 5) is 11.4. The van der Waals surface area contributed by atoms with Crippen molar-refractivity contribution >= 4 is 44.6 Å². The van der Waals surface area contributed by atoms with Crippen LogP contribution in [-0.2, 0) is 4.79 Å². The summed E-state index contributed by atoms with van der Waals surface area (Å²) in [5.41, 5.74) is 0.822. The van der Waals surface area contributed by atoms with E-state index in [9.17, 15) is 4.79 Å². The van der Waals surface area contributed by atoms with Gasteiger partial charge < -0.3 is 9.52 Å². The van der Waals surface area contributed by atoms with E-state index in [0.717, 1.165) is 20.3 Å². The Bertz CT molecular complexity index is 521. The zero-order chi connectivity index (χ0) is 11.5. The number of carbonyl (C=O) groups is 1. The van der Waals surface area contributed by atoms with Gasteiger partial charge in [-0.25, -0.2) is 0 Å². The van der Waals surface area contributed by atoms with Gasteiger partial charge in [0.1, 0.15) is 5.58 Å². The molecule has 0 atom stereocenters. The molecule has 1 aromatic heterocycles. The van der Waals surface area contributed by atoms with E-state index in [1.165, 1.54) is 11.8 Å². The Morgan fingerprint density at radius 3 is 3.06 bits per heavy atom. The Morgan fingerprint density at radius 1 is 1.50 bits per heavy atom. The smallest absolute Gasteiger partial charge is 0.304 e. The highest BCUT2D eigenvalue weighted by Gasteiger charge is 2.06. The van der Waals surface area contributed by atoms with Crippen molar-refractivity contribution in [3.63, 3.8) is 0 Å². The molecule has 0 bridgehead atoms. The Labute approximate surface area is 105 Å². The third-order valence-electron chi connectivity index (χ3n) is 2.06. The maximum Gasteiger partial charge on any atom is 0.304 e. The van der Waals surface area contributed by atoms with Crippen molar-refractivity contribution in [3.05, 3.63) is 28.9 Å². The van der Waals surface area contributed by atoms with E-state index in [0.29, 0.717) is 5.75 Å². The number of fused-ring (bicyclic) bond motifs is 1. The standard InChI is InChI=1S/C11H9BrO3S/c12-9-6-8(16-4-2-10(13)14)5-7-1-3-15-11(7)9/h1,3,5-6H,2,4H2,(H,13,14). The molecule has 0 spiro atoms. The van der Waals surface area contributed by atoms with Crippen molar-refractivity contribution in [2.24, 2.45) is 0 Å². The summed E-state index contributed by atoms with van der Waals surface area (Å²) in [7, 11) is 0. The van der Waals surface area contributed by atoms with Crippen LogP contribution in [0.1, 0.15) is 6.42 Å². The lowest BCUT2D eigenvalue weighted by atomic mass is 10.3. The lowest BCUT2D eigenvalue weighted by Crippen LogP contribution is -1.95. The summed E-state index contributed by atoms with van der Waals surface area (Å²) in [5, 5.41) is 9.57. The van der Waals surface area contributed by atoms with Crippen LogP contribution in [0, 0.1) is 0 Å². The second-order valence-electron chi connectivity index (χ2n) is 3.24. The van der Waals surface area contributed by atoms with Crippen molar-refractivity contribution in [3.8, 4) is 0 Å². The van der Waals surface area contributed by atoms with Gasteiger partial charge >= 0.3 is 5.97 Å². The molecule has 1 heterocycles. The van der Waals surface area contributed by atoms with Crippen LogP contribution in [0.25, 0.3) is 11.0 Å². The molecule has 0 saturated carbocycles. The second kappa shape index (κ2) is 4.93. The Hall–Kier alpha value is -0.940. The van der Waals surface area contributed by atoms with Gasteiger partial charge in [-0.05, 0) is 34.1 Å². The summed E-state index contributed by atoms with van der Waals surface area (Å²) in [6.07, 6.45) is 1.81. The minimum absolute atomic E-state index is 0.172. The molecule has 1 N–H and O–H groups in total. The van der Waals surface area contributed by atoms with Gasteiger partial charge in [0, 0.05) is 16.0 Å². The maximum absolute atomic E-state index is 10.4. The summed E-state index contributed by atoms with van der Waals surface area (Å²) < 4.78 is 6.19. The molecule has 16 heavy (non-hydrogen) atoms. The van der Waals surface area contributed by atoms with Crippen LogP contribution >= 0.6 is 27.7 Å². The average molecular weight is 301 g/mol. The first kappa shape index (κ1) is 11.5. The minimum atomic E-state index is -0.768. The van der Waals surface area contributed by atoms with Gasteiger partial charge in [0.05, 0.1) is 17.2 Å². The normalized spacial score (nSPS) is 10.8. The van der Waals surface area contributed by atoms with Gasteiger partial charge in [-0.3, -0.25) is 4.79 Å². The number of furan rings is 1. The number of benzene rings is 1. The molecule has 84 valence electrons. The Kier molecular flexibility index (Phi) is 3.56. The van der Waals surface area contributed by atoms with E-state index in [4.69, 9.17) is 9.52 Å². The van der Waals surface area contributed by atoms with Crippen LogP contribution in [0.2, 0.25) is 0 Å². The molecule has 5 heteroatoms. The fourth-order valence-electron chi connectivity index (χ4n) is 1.35. The molecule has 2 aromatic rings. The first-order chi connectivity index (χ1) is 7.66. The third kappa shape index (κ3) is 2.59. The number of carboxylic acids is 1. The molecule has 3 nitrogen and oxygen atoms in total. The molecular formula is C11H9BrO3S. The summed E-state index contributed by atoms with van der Waals surface area (Å²) >= 11 is 4.95. The predicted molar refractivity (Wildman–Crippen MR) is 66.9 cm³/mol. The van der Waals surface area contributed by atoms with Crippen molar-refractivity contribution < 1.29 is 14.3 Å². The molecule has 0 saturated heterocycles. The number of carboxylic acid groups (broad SMARTS) is 1. The van der Waals surface area contributed by atoms with Gasteiger partial charge in [0.25, 0.3) is 0 Å². The Morgan fingerprint density at radius 2 is 2.31 bits per heavy atom. The van der Waals surface area contributed by atoms with E-state index >= 15 is 0 Å². The first-order valence-electron chi connectivity index (χ1n) is 4.68. The van der Waals surface area contributed by atoms with Crippen LogP contribution in [0.5, 0.6) is 0 Å². The minimum Gasteiger partial charge on any atom is -0.481 e. The van der Waals surface area contributed by atoms with Crippen LogP contribution in [0.15, 0.2) is 38.2 Å². The van der Waals surface area contributed by atoms with Gasteiger partial charge in [0.15, 0.2) is 0 Å². The molecule has 2 rings (SSSR count). The highest BCUT2D eigenvalue weighted by molar-refractivity contribution is 9.10. The monoisotopic (exact) mass is 300 g/mol. The average Bonchev–Trinajstić information content (AvgIpc) is 2.65. The SMILES string of the molecule is O=C(O)CCSc1cc(Br)c2occc2c1. The summed E-state index contributed by atoms with van der Waals surface area (Å²) in [6.45, 7) is 0. The van der Waals surface area contributed by atoms with Crippen LogP contribution < -0.4 is 0 Å². The van der Waals surface area contributed by atoms with E-state index in [1.54, 1.807) is 6.26 Å². The van der Waals surface area contributed by atoms with Crippen molar-refractivity contribution in [1.29, 1.82) is 0 Å². The summed E-state index contributed by atoms with van der Waals surface area (Å²) in [6, 6.07) is 5.83. The van der Waals surface area contributed by atoms with Crippen LogP contribution in [0.4, 0.5) is 0 Å². The number of hydrogen-bond donors (Lipinski definition) is 1. The van der Waals surface area contributed by atoms with Gasteiger partial charge in [0.2, 0.25) is 0 Å². The van der Waals surface area contributed by atoms with Crippen LogP contribution in [0.3, 0.4) is 0 Å². The number of thioether (sulfide) groups is 1. The van der Waals surface area contributed by atoms with E-state index in [1.807, 2.05) is 18.2 Å². The van der Waals surface area contributed by atoms with Gasteiger partial charge in [-0.15, -0.1) is 11.8 Å². The van der Waals surface area contributed by atoms with Crippen molar-refractivity contribution in [2.45, 2.75) is 11.3 Å². The van der Waals surface area contributed by atoms with Crippen LogP contribution in [-0.4, -0.2) is 16.8 Å². The largest absolute Gasteiger partial charge is 0.481 e. The number of aliphatic carboxylic acids is 1. The Balaban J connectivity index is 2.15. The predicted octanol–water partition coefficient (Wildman–Crippen LogP) is 3.76. The lowest BCUT2D eigenvalue weighted by Gasteiger charge is -2.01. The topological polar surface area (TPSA) is 50.4 Å². The van der Waals surface area contributed by atoms with E-state index < -0.39 is 5.97 Å². The second-order valence-corrected chi connectivity index (χ2v) is 5.26. The maximum atomic E-state index is 10.4. The molecule has 0 fully saturated rings. The van der Waals surface area contributed by atoms with Gasteiger partial charge in [-0.1, -0.05) is 0 Å². The lowest BCUT2D eigenvalue weighted by molar-refractivity contribution is -0.136. The molecule has 0 aliphatic heterocycles. The summed E-state index contributed by atoms with van der Waals surface area (Å²) in [5.74, 6) is -0.193. The zero-order valence-electron chi connectivity index (χ0n) is 8.27. The molecule has 0 unspecified atom stereocenters. The zero-order valence-corrected chi connectivity index (χ0v) is 10.7. The molecule has 1 aromatic carbocycles. The molecule has 0 amide bonds. The van der Waals surface area contributed by atoms with Gasteiger partial charge in [-0.2, -0.15) is 0 Å². The van der Waals surface area contributed by atoms with Crippen molar-refractivity contribution in [2.75, 3.05) is 5.75 Å². The fourth-order valence-corrected chi connectivity index (χ4v) is 3.00. The number of halogens is 1. The first-order valence-corrected chi connectivity index (χ1v) is 6.46. The van der Waals surface area contributed by atoms with E-state index in [-0.39, 0.29) is 6.42 Å². The number of hydrogen-bond acceptors (Lipinski definition) is 3. The highest BCUT2D eigenvalue weighted by Crippen LogP contribution is 2.31. The molecular weight excluding hydrogens is 292 g/mol. The molecule has 0 aliphatic rings. The number of rotatable bonds is 4. The molecule has 0 aliphatic carbocycles. The van der Waals surface area contributed by atoms with E-state index in [2.05, 4.69) is 15.9 Å². The van der Waals surface area contributed by atoms with Crippen molar-refractivity contribution in [1.82, 2.24) is 0 Å². The molecule has 0 radical (unpaired) electrons. The quantitative estimate of drug-likeness (QED) is 0.874. The highest BCUT2D eigenvalue weighted by atomic mass is 79.9.